The van der Waals surface area contributed by atoms with E-state index >= 15 is 0 Å². The number of aromatic nitrogens is 1. The molecule has 0 spiro atoms. The average Bonchev–Trinajstić information content (AvgIpc) is 3.53. The van der Waals surface area contributed by atoms with Crippen LogP contribution in [0.5, 0.6) is 0 Å². The highest BCUT2D eigenvalue weighted by molar-refractivity contribution is 5.91. The molecule has 5 rings (SSSR count). The van der Waals surface area contributed by atoms with E-state index in [1.54, 1.807) is 18.2 Å². The summed E-state index contributed by atoms with van der Waals surface area (Å²) in [4.78, 5) is 30.2. The Morgan fingerprint density at radius 2 is 1.79 bits per heavy atom. The maximum atomic E-state index is 12.9. The first-order valence-corrected chi connectivity index (χ1v) is 11.8. The molecule has 3 aromatic rings. The highest BCUT2D eigenvalue weighted by Gasteiger charge is 2.30. The zero-order valence-electron chi connectivity index (χ0n) is 19.3. The molecular weight excluding hydrogens is 434 g/mol. The van der Waals surface area contributed by atoms with E-state index < -0.39 is 0 Å². The third-order valence-corrected chi connectivity index (χ3v) is 6.90. The summed E-state index contributed by atoms with van der Waals surface area (Å²) in [5.41, 5.74) is 2.20. The van der Waals surface area contributed by atoms with Crippen LogP contribution in [0.4, 0.5) is 5.69 Å². The summed E-state index contributed by atoms with van der Waals surface area (Å²) in [6, 6.07) is 14.5. The normalized spacial score (nSPS) is 19.2. The Balaban J connectivity index is 1.34. The Morgan fingerprint density at radius 1 is 1.03 bits per heavy atom. The number of carbonyl (C=O) groups excluding carboxylic acids is 1. The standard InChI is InChI=1S/C25H29N5O4/c1-2-26-12-14-28(15-13-26)25(31)23-10-9-21(34-23)18-29-17-16-27-11-3-4-22(27)24(29)19-5-7-20(8-6-19)30(32)33/h3-11,24H,2,12-18H2,1H3. The zero-order valence-corrected chi connectivity index (χ0v) is 19.3. The lowest BCUT2D eigenvalue weighted by atomic mass is 9.99. The Morgan fingerprint density at radius 3 is 2.50 bits per heavy atom. The van der Waals surface area contributed by atoms with Gasteiger partial charge < -0.3 is 18.8 Å². The lowest BCUT2D eigenvalue weighted by Crippen LogP contribution is -2.48. The van der Waals surface area contributed by atoms with Gasteiger partial charge in [0.05, 0.1) is 17.5 Å². The number of fused-ring (bicyclic) bond motifs is 1. The molecule has 2 aliphatic rings. The van der Waals surface area contributed by atoms with Crippen molar-refractivity contribution in [3.63, 3.8) is 0 Å². The quantitative estimate of drug-likeness (QED) is 0.411. The number of non-ortho nitro benzene ring substituents is 1. The van der Waals surface area contributed by atoms with Crippen LogP contribution in [0.15, 0.2) is 59.1 Å². The maximum Gasteiger partial charge on any atom is 0.289 e. The molecule has 4 heterocycles. The molecular formula is C25H29N5O4. The second kappa shape index (κ2) is 9.44. The molecule has 1 aromatic carbocycles. The van der Waals surface area contributed by atoms with Gasteiger partial charge in [-0.05, 0) is 36.4 Å². The van der Waals surface area contributed by atoms with Crippen molar-refractivity contribution in [2.75, 3.05) is 39.3 Å². The minimum atomic E-state index is -0.380. The van der Waals surface area contributed by atoms with Crippen LogP contribution in [0.3, 0.4) is 0 Å². The topological polar surface area (TPSA) is 88.0 Å². The van der Waals surface area contributed by atoms with Crippen molar-refractivity contribution in [3.8, 4) is 0 Å². The fraction of sp³-hybridized carbons (Fsp3) is 0.400. The smallest absolute Gasteiger partial charge is 0.289 e. The van der Waals surface area contributed by atoms with Crippen LogP contribution < -0.4 is 0 Å². The Bertz CT molecular complexity index is 1160. The number of nitro groups is 1. The fourth-order valence-electron chi connectivity index (χ4n) is 4.96. The molecule has 34 heavy (non-hydrogen) atoms. The van der Waals surface area contributed by atoms with Crippen LogP contribution in [0.1, 0.15) is 40.5 Å². The van der Waals surface area contributed by atoms with E-state index in [0.717, 1.165) is 49.7 Å². The van der Waals surface area contributed by atoms with Gasteiger partial charge in [-0.15, -0.1) is 0 Å². The number of amides is 1. The number of piperazine rings is 1. The number of likely N-dealkylation sites (N-methyl/N-ethyl adjacent to an activating group) is 1. The summed E-state index contributed by atoms with van der Waals surface area (Å²) in [6.07, 6.45) is 2.06. The molecule has 9 nitrogen and oxygen atoms in total. The van der Waals surface area contributed by atoms with Gasteiger partial charge in [-0.3, -0.25) is 19.8 Å². The molecule has 2 aliphatic heterocycles. The summed E-state index contributed by atoms with van der Waals surface area (Å²) in [6.45, 7) is 8.54. The van der Waals surface area contributed by atoms with E-state index in [0.29, 0.717) is 25.4 Å². The number of rotatable bonds is 6. The van der Waals surface area contributed by atoms with E-state index in [4.69, 9.17) is 4.42 Å². The molecule has 0 N–H and O–H groups in total. The van der Waals surface area contributed by atoms with Gasteiger partial charge in [0.1, 0.15) is 5.76 Å². The zero-order chi connectivity index (χ0) is 23.7. The first-order valence-electron chi connectivity index (χ1n) is 11.8. The van der Waals surface area contributed by atoms with E-state index in [1.165, 1.54) is 0 Å². The molecule has 1 amide bonds. The average molecular weight is 464 g/mol. The Labute approximate surface area is 198 Å². The van der Waals surface area contributed by atoms with Crippen molar-refractivity contribution in [3.05, 3.63) is 87.6 Å². The summed E-state index contributed by atoms with van der Waals surface area (Å²) in [7, 11) is 0. The lowest BCUT2D eigenvalue weighted by molar-refractivity contribution is -0.384. The molecule has 0 radical (unpaired) electrons. The van der Waals surface area contributed by atoms with Crippen molar-refractivity contribution in [1.29, 1.82) is 0 Å². The second-order valence-electron chi connectivity index (χ2n) is 8.84. The highest BCUT2D eigenvalue weighted by Crippen LogP contribution is 2.34. The SMILES string of the molecule is CCN1CCN(C(=O)c2ccc(CN3CCn4cccc4C3c3ccc([N+](=O)[O-])cc3)o2)CC1. The number of benzene rings is 1. The minimum absolute atomic E-state index is 0.0542. The van der Waals surface area contributed by atoms with Gasteiger partial charge in [0.25, 0.3) is 11.6 Å². The van der Waals surface area contributed by atoms with Crippen molar-refractivity contribution in [2.45, 2.75) is 26.1 Å². The monoisotopic (exact) mass is 463 g/mol. The van der Waals surface area contributed by atoms with Gasteiger partial charge in [-0.1, -0.05) is 19.1 Å². The van der Waals surface area contributed by atoms with Crippen LogP contribution in [-0.4, -0.2) is 69.4 Å². The van der Waals surface area contributed by atoms with E-state index in [-0.39, 0.29) is 22.6 Å². The Kier molecular flexibility index (Phi) is 6.21. The summed E-state index contributed by atoms with van der Waals surface area (Å²) in [5.74, 6) is 1.07. The first kappa shape index (κ1) is 22.4. The summed E-state index contributed by atoms with van der Waals surface area (Å²) >= 11 is 0. The van der Waals surface area contributed by atoms with E-state index in [2.05, 4.69) is 33.6 Å². The summed E-state index contributed by atoms with van der Waals surface area (Å²) < 4.78 is 8.23. The van der Waals surface area contributed by atoms with Gasteiger partial charge >= 0.3 is 0 Å². The number of hydrogen-bond acceptors (Lipinski definition) is 6. The van der Waals surface area contributed by atoms with Gasteiger partial charge in [-0.2, -0.15) is 0 Å². The number of hydrogen-bond donors (Lipinski definition) is 0. The molecule has 9 heteroatoms. The summed E-state index contributed by atoms with van der Waals surface area (Å²) in [5, 5.41) is 11.1. The fourth-order valence-corrected chi connectivity index (χ4v) is 4.96. The number of nitrogens with zero attached hydrogens (tertiary/aromatic N) is 5. The van der Waals surface area contributed by atoms with Crippen LogP contribution in [0.25, 0.3) is 0 Å². The van der Waals surface area contributed by atoms with Crippen molar-refractivity contribution in [1.82, 2.24) is 19.3 Å². The lowest BCUT2D eigenvalue weighted by Gasteiger charge is -2.36. The molecule has 2 aromatic heterocycles. The van der Waals surface area contributed by atoms with Crippen molar-refractivity contribution >= 4 is 11.6 Å². The molecule has 1 saturated heterocycles. The second-order valence-corrected chi connectivity index (χ2v) is 8.84. The first-order chi connectivity index (χ1) is 16.5. The molecule has 1 unspecified atom stereocenters. The van der Waals surface area contributed by atoms with Gasteiger partial charge in [0.2, 0.25) is 0 Å². The van der Waals surface area contributed by atoms with Crippen molar-refractivity contribution < 1.29 is 14.1 Å². The maximum absolute atomic E-state index is 12.9. The molecule has 1 atom stereocenters. The largest absolute Gasteiger partial charge is 0.455 e. The van der Waals surface area contributed by atoms with Crippen LogP contribution in [-0.2, 0) is 13.1 Å². The highest BCUT2D eigenvalue weighted by atomic mass is 16.6. The molecule has 178 valence electrons. The van der Waals surface area contributed by atoms with Gasteiger partial charge in [0.15, 0.2) is 5.76 Å². The van der Waals surface area contributed by atoms with Crippen LogP contribution in [0.2, 0.25) is 0 Å². The van der Waals surface area contributed by atoms with Crippen molar-refractivity contribution in [2.24, 2.45) is 0 Å². The van der Waals surface area contributed by atoms with Crippen LogP contribution in [0, 0.1) is 10.1 Å². The minimum Gasteiger partial charge on any atom is -0.455 e. The van der Waals surface area contributed by atoms with Gasteiger partial charge in [-0.25, -0.2) is 0 Å². The predicted molar refractivity (Wildman–Crippen MR) is 127 cm³/mol. The van der Waals surface area contributed by atoms with Crippen LogP contribution >= 0.6 is 0 Å². The number of nitro benzene ring substituents is 1. The molecule has 1 fully saturated rings. The number of furan rings is 1. The van der Waals surface area contributed by atoms with Gasteiger partial charge in [0, 0.05) is 63.3 Å². The third-order valence-electron chi connectivity index (χ3n) is 6.90. The molecule has 0 saturated carbocycles. The van der Waals surface area contributed by atoms with E-state index in [1.807, 2.05) is 29.2 Å². The van der Waals surface area contributed by atoms with E-state index in [9.17, 15) is 14.9 Å². The molecule has 0 aliphatic carbocycles. The Hall–Kier alpha value is -3.43. The predicted octanol–water partition coefficient (Wildman–Crippen LogP) is 3.37. The molecule has 0 bridgehead atoms. The third kappa shape index (κ3) is 4.36. The number of carbonyl (C=O) groups is 1.